The highest BCUT2D eigenvalue weighted by molar-refractivity contribution is 6.09. The monoisotopic (exact) mass is 334 g/mol. The highest BCUT2D eigenvalue weighted by atomic mass is 19.2. The van der Waals surface area contributed by atoms with Gasteiger partial charge in [-0.2, -0.15) is 0 Å². The molecule has 0 spiro atoms. The molecule has 4 rings (SSSR count). The Morgan fingerprint density at radius 2 is 1.75 bits per heavy atom. The number of rotatable bonds is 2. The summed E-state index contributed by atoms with van der Waals surface area (Å²) in [6.45, 7) is 1.89. The van der Waals surface area contributed by atoms with Crippen LogP contribution in [0.25, 0.3) is 0 Å². The van der Waals surface area contributed by atoms with Crippen LogP contribution in [0.5, 0.6) is 0 Å². The van der Waals surface area contributed by atoms with Gasteiger partial charge in [-0.05, 0) is 43.2 Å². The van der Waals surface area contributed by atoms with E-state index in [1.807, 2.05) is 4.90 Å². The van der Waals surface area contributed by atoms with Crippen molar-refractivity contribution >= 4 is 17.5 Å². The Balaban J connectivity index is 1.47. The summed E-state index contributed by atoms with van der Waals surface area (Å²) in [5, 5.41) is 0. The van der Waals surface area contributed by atoms with E-state index in [2.05, 4.69) is 0 Å². The van der Waals surface area contributed by atoms with Gasteiger partial charge in [0, 0.05) is 31.4 Å². The lowest BCUT2D eigenvalue weighted by atomic mass is 10.0. The molecule has 0 bridgehead atoms. The lowest BCUT2D eigenvalue weighted by Gasteiger charge is -2.21. The van der Waals surface area contributed by atoms with Gasteiger partial charge in [-0.25, -0.2) is 8.78 Å². The molecule has 128 valence electrons. The van der Waals surface area contributed by atoms with Gasteiger partial charge < -0.3 is 9.80 Å². The number of hydrogen-bond donors (Lipinski definition) is 0. The van der Waals surface area contributed by atoms with Crippen LogP contribution in [0.4, 0.5) is 14.5 Å². The van der Waals surface area contributed by atoms with Gasteiger partial charge in [0.15, 0.2) is 11.6 Å². The smallest absolute Gasteiger partial charge is 0.239 e. The highest BCUT2D eigenvalue weighted by Gasteiger charge is 2.44. The van der Waals surface area contributed by atoms with E-state index < -0.39 is 17.6 Å². The van der Waals surface area contributed by atoms with Crippen LogP contribution in [-0.2, 0) is 9.59 Å². The van der Waals surface area contributed by atoms with Crippen LogP contribution < -0.4 is 4.90 Å². The van der Waals surface area contributed by atoms with Gasteiger partial charge in [-0.1, -0.05) is 6.42 Å². The largest absolute Gasteiger partial charge is 0.341 e. The first-order chi connectivity index (χ1) is 11.5. The third-order valence-corrected chi connectivity index (χ3v) is 5.76. The molecule has 3 fully saturated rings. The molecule has 6 heteroatoms. The number of likely N-dealkylation sites (tertiary alicyclic amines) is 1. The SMILES string of the molecule is O=C([C@@H]1CCN(c2ccc(F)c(F)c2)C1=O)N1C[C@@H]2CCC[C@H]2C1. The minimum Gasteiger partial charge on any atom is -0.341 e. The summed E-state index contributed by atoms with van der Waals surface area (Å²) in [6.07, 6.45) is 4.02. The topological polar surface area (TPSA) is 40.6 Å². The Kier molecular flexibility index (Phi) is 3.77. The van der Waals surface area contributed by atoms with E-state index in [1.54, 1.807) is 0 Å². The zero-order chi connectivity index (χ0) is 16.8. The van der Waals surface area contributed by atoms with Gasteiger partial charge in [0.1, 0.15) is 5.92 Å². The molecule has 1 saturated carbocycles. The van der Waals surface area contributed by atoms with Crippen LogP contribution in [0.1, 0.15) is 25.7 Å². The van der Waals surface area contributed by atoms with Crippen LogP contribution in [-0.4, -0.2) is 36.3 Å². The fourth-order valence-electron chi connectivity index (χ4n) is 4.45. The number of nitrogens with zero attached hydrogens (tertiary/aromatic N) is 2. The average Bonchev–Trinajstić information content (AvgIpc) is 3.23. The maximum atomic E-state index is 13.4. The predicted octanol–water partition coefficient (Wildman–Crippen LogP) is 2.58. The van der Waals surface area contributed by atoms with Gasteiger partial charge in [-0.15, -0.1) is 0 Å². The van der Waals surface area contributed by atoms with E-state index >= 15 is 0 Å². The van der Waals surface area contributed by atoms with Crippen molar-refractivity contribution in [2.45, 2.75) is 25.7 Å². The van der Waals surface area contributed by atoms with Crippen molar-refractivity contribution in [1.29, 1.82) is 0 Å². The van der Waals surface area contributed by atoms with Crippen LogP contribution in [0.15, 0.2) is 18.2 Å². The van der Waals surface area contributed by atoms with E-state index in [4.69, 9.17) is 0 Å². The molecule has 1 aliphatic carbocycles. The van der Waals surface area contributed by atoms with Gasteiger partial charge in [-0.3, -0.25) is 9.59 Å². The zero-order valence-corrected chi connectivity index (χ0v) is 13.4. The van der Waals surface area contributed by atoms with Crippen LogP contribution >= 0.6 is 0 Å². The second-order valence-corrected chi connectivity index (χ2v) is 7.12. The maximum Gasteiger partial charge on any atom is 0.239 e. The lowest BCUT2D eigenvalue weighted by Crippen LogP contribution is -2.39. The predicted molar refractivity (Wildman–Crippen MR) is 84.2 cm³/mol. The molecular weight excluding hydrogens is 314 g/mol. The summed E-state index contributed by atoms with van der Waals surface area (Å²) in [7, 11) is 0. The van der Waals surface area contributed by atoms with Crippen molar-refractivity contribution < 1.29 is 18.4 Å². The molecule has 3 aliphatic rings. The number of fused-ring (bicyclic) bond motifs is 1. The number of hydrogen-bond acceptors (Lipinski definition) is 2. The third-order valence-electron chi connectivity index (χ3n) is 5.76. The van der Waals surface area contributed by atoms with Gasteiger partial charge in [0.2, 0.25) is 11.8 Å². The molecule has 3 atom stereocenters. The highest BCUT2D eigenvalue weighted by Crippen LogP contribution is 2.39. The molecule has 24 heavy (non-hydrogen) atoms. The summed E-state index contributed by atoms with van der Waals surface area (Å²) >= 11 is 0. The second kappa shape index (κ2) is 5.83. The van der Waals surface area contributed by atoms with Gasteiger partial charge >= 0.3 is 0 Å². The molecule has 2 heterocycles. The summed E-state index contributed by atoms with van der Waals surface area (Å²) in [6, 6.07) is 3.40. The minimum absolute atomic E-state index is 0.0977. The van der Waals surface area contributed by atoms with Crippen molar-refractivity contribution in [2.75, 3.05) is 24.5 Å². The summed E-state index contributed by atoms with van der Waals surface area (Å²) < 4.78 is 26.5. The van der Waals surface area contributed by atoms with Crippen molar-refractivity contribution in [3.63, 3.8) is 0 Å². The molecule has 2 amide bonds. The third kappa shape index (κ3) is 2.48. The van der Waals surface area contributed by atoms with Crippen molar-refractivity contribution in [3.8, 4) is 0 Å². The van der Waals surface area contributed by atoms with E-state index in [0.29, 0.717) is 30.5 Å². The maximum absolute atomic E-state index is 13.4. The Morgan fingerprint density at radius 3 is 2.42 bits per heavy atom. The number of halogens is 2. The number of anilines is 1. The first-order valence-electron chi connectivity index (χ1n) is 8.60. The molecule has 0 aromatic heterocycles. The Hall–Kier alpha value is -1.98. The summed E-state index contributed by atoms with van der Waals surface area (Å²) in [4.78, 5) is 28.6. The zero-order valence-electron chi connectivity index (χ0n) is 13.4. The fraction of sp³-hybridized carbons (Fsp3) is 0.556. The van der Waals surface area contributed by atoms with E-state index in [1.165, 1.54) is 30.2 Å². The van der Waals surface area contributed by atoms with Crippen LogP contribution in [0.2, 0.25) is 0 Å². The molecule has 4 nitrogen and oxygen atoms in total. The van der Waals surface area contributed by atoms with Crippen LogP contribution in [0.3, 0.4) is 0 Å². The number of amides is 2. The normalized spacial score (nSPS) is 29.4. The molecule has 0 radical (unpaired) electrons. The Bertz CT molecular complexity index is 682. The quantitative estimate of drug-likeness (QED) is 0.780. The number of carbonyl (C=O) groups is 2. The molecule has 1 aromatic rings. The summed E-state index contributed by atoms with van der Waals surface area (Å²) in [5.74, 6) is -1.83. The molecule has 0 N–H and O–H groups in total. The van der Waals surface area contributed by atoms with E-state index in [-0.39, 0.29) is 11.8 Å². The van der Waals surface area contributed by atoms with Gasteiger partial charge in [0.25, 0.3) is 0 Å². The first kappa shape index (κ1) is 15.5. The lowest BCUT2D eigenvalue weighted by molar-refractivity contribution is -0.139. The van der Waals surface area contributed by atoms with E-state index in [9.17, 15) is 18.4 Å². The van der Waals surface area contributed by atoms with Gasteiger partial charge in [0.05, 0.1) is 0 Å². The fourth-order valence-corrected chi connectivity index (χ4v) is 4.45. The minimum atomic E-state index is -0.984. The number of carbonyl (C=O) groups excluding carboxylic acids is 2. The molecular formula is C18H20F2N2O2. The van der Waals surface area contributed by atoms with Crippen LogP contribution in [0, 0.1) is 29.4 Å². The Morgan fingerprint density at radius 1 is 1.04 bits per heavy atom. The van der Waals surface area contributed by atoms with Crippen molar-refractivity contribution in [2.24, 2.45) is 17.8 Å². The molecule has 1 aromatic carbocycles. The first-order valence-corrected chi connectivity index (χ1v) is 8.60. The standard InChI is InChI=1S/C18H20F2N2O2/c19-15-5-4-13(8-16(15)20)22-7-6-14(18(22)24)17(23)21-9-11-2-1-3-12(11)10-21/h4-5,8,11-12,14H,1-3,6-7,9-10H2/t11-,12-,14-/m0/s1. The molecule has 2 saturated heterocycles. The van der Waals surface area contributed by atoms with Crippen molar-refractivity contribution in [3.05, 3.63) is 29.8 Å². The molecule has 0 unspecified atom stereocenters. The Labute approximate surface area is 139 Å². The summed E-state index contributed by atoms with van der Waals surface area (Å²) in [5.41, 5.74) is 0.312. The molecule has 2 aliphatic heterocycles. The van der Waals surface area contributed by atoms with Crippen molar-refractivity contribution in [1.82, 2.24) is 4.90 Å². The van der Waals surface area contributed by atoms with E-state index in [0.717, 1.165) is 25.2 Å². The number of benzene rings is 1. The second-order valence-electron chi connectivity index (χ2n) is 7.12. The average molecular weight is 334 g/mol.